The number of methoxy groups -OCH3 is 3. The van der Waals surface area contributed by atoms with Gasteiger partial charge >= 0.3 is 5.69 Å². The van der Waals surface area contributed by atoms with E-state index in [-0.39, 0.29) is 5.56 Å². The molecule has 3 aromatic rings. The Morgan fingerprint density at radius 3 is 2.48 bits per heavy atom. The van der Waals surface area contributed by atoms with Gasteiger partial charge in [0, 0.05) is 12.6 Å². The van der Waals surface area contributed by atoms with Gasteiger partial charge in [0.1, 0.15) is 5.75 Å². The van der Waals surface area contributed by atoms with Gasteiger partial charge in [-0.15, -0.1) is 0 Å². The van der Waals surface area contributed by atoms with E-state index >= 15 is 0 Å². The molecule has 0 amide bonds. The first-order valence-electron chi connectivity index (χ1n) is 9.69. The third-order valence-electron chi connectivity index (χ3n) is 5.42. The lowest BCUT2D eigenvalue weighted by Crippen LogP contribution is -2.38. The number of ether oxygens (including phenoxy) is 3. The Balaban J connectivity index is 1.93. The summed E-state index contributed by atoms with van der Waals surface area (Å²) in [6.07, 6.45) is 0.709. The average Bonchev–Trinajstić information content (AvgIpc) is 2.78. The van der Waals surface area contributed by atoms with Crippen molar-refractivity contribution in [3.8, 4) is 28.8 Å². The fourth-order valence-corrected chi connectivity index (χ4v) is 3.93. The molecule has 0 saturated heterocycles. The molecule has 31 heavy (non-hydrogen) atoms. The summed E-state index contributed by atoms with van der Waals surface area (Å²) in [4.78, 5) is 27.7. The van der Waals surface area contributed by atoms with Gasteiger partial charge in [0.05, 0.1) is 38.6 Å². The highest BCUT2D eigenvalue weighted by Crippen LogP contribution is 2.38. The maximum atomic E-state index is 12.8. The van der Waals surface area contributed by atoms with E-state index in [9.17, 15) is 14.7 Å². The van der Waals surface area contributed by atoms with Crippen LogP contribution >= 0.6 is 0 Å². The van der Waals surface area contributed by atoms with Crippen LogP contribution in [0, 0.1) is 0 Å². The van der Waals surface area contributed by atoms with Crippen LogP contribution in [-0.4, -0.2) is 42.5 Å². The van der Waals surface area contributed by atoms with E-state index in [1.165, 1.54) is 14.2 Å². The van der Waals surface area contributed by atoms with Crippen molar-refractivity contribution >= 4 is 0 Å². The molecule has 162 valence electrons. The molecule has 3 N–H and O–H groups in total. The molecular formula is C22H23N3O6. The van der Waals surface area contributed by atoms with E-state index < -0.39 is 23.2 Å². The summed E-state index contributed by atoms with van der Waals surface area (Å²) in [5.74, 6) is 1.16. The van der Waals surface area contributed by atoms with E-state index in [0.717, 1.165) is 15.7 Å². The highest BCUT2D eigenvalue weighted by atomic mass is 16.5. The smallest absolute Gasteiger partial charge is 0.335 e. The van der Waals surface area contributed by atoms with E-state index in [1.807, 2.05) is 6.07 Å². The van der Waals surface area contributed by atoms with Gasteiger partial charge in [-0.05, 0) is 41.8 Å². The normalized spacial score (nSPS) is 15.3. The molecule has 2 heterocycles. The first-order chi connectivity index (χ1) is 15.0. The molecule has 9 heteroatoms. The monoisotopic (exact) mass is 425 g/mol. The average molecular weight is 425 g/mol. The molecule has 1 aromatic heterocycles. The van der Waals surface area contributed by atoms with Crippen LogP contribution in [0.5, 0.6) is 23.1 Å². The second kappa shape index (κ2) is 8.19. The number of H-pyrrole nitrogens is 1. The zero-order valence-electron chi connectivity index (χ0n) is 17.4. The predicted molar refractivity (Wildman–Crippen MR) is 114 cm³/mol. The van der Waals surface area contributed by atoms with Crippen molar-refractivity contribution in [3.63, 3.8) is 0 Å². The summed E-state index contributed by atoms with van der Waals surface area (Å²) in [6.45, 7) is 0.574. The number of rotatable bonds is 5. The maximum absolute atomic E-state index is 12.8. The highest BCUT2D eigenvalue weighted by molar-refractivity contribution is 5.53. The highest BCUT2D eigenvalue weighted by Gasteiger charge is 2.30. The third kappa shape index (κ3) is 3.53. The summed E-state index contributed by atoms with van der Waals surface area (Å²) in [5, 5.41) is 14.3. The molecule has 0 bridgehead atoms. The van der Waals surface area contributed by atoms with E-state index in [1.54, 1.807) is 37.4 Å². The summed E-state index contributed by atoms with van der Waals surface area (Å²) in [7, 11) is 4.59. The molecule has 1 aliphatic heterocycles. The summed E-state index contributed by atoms with van der Waals surface area (Å²) in [5.41, 5.74) is 0.711. The number of aromatic hydroxyl groups is 1. The number of hydrogen-bond donors (Lipinski definition) is 3. The van der Waals surface area contributed by atoms with Crippen LogP contribution in [0.25, 0.3) is 5.69 Å². The van der Waals surface area contributed by atoms with Crippen LogP contribution in [0.3, 0.4) is 0 Å². The number of benzene rings is 2. The van der Waals surface area contributed by atoms with Gasteiger partial charge < -0.3 is 24.6 Å². The topological polar surface area (TPSA) is 115 Å². The van der Waals surface area contributed by atoms with Gasteiger partial charge in [-0.1, -0.05) is 6.07 Å². The Bertz CT molecular complexity index is 1250. The van der Waals surface area contributed by atoms with Gasteiger partial charge in [-0.2, -0.15) is 0 Å². The van der Waals surface area contributed by atoms with Gasteiger partial charge in [0.15, 0.2) is 11.5 Å². The minimum atomic E-state index is -0.747. The van der Waals surface area contributed by atoms with Gasteiger partial charge in [-0.3, -0.25) is 9.78 Å². The minimum Gasteiger partial charge on any atom is -0.497 e. The van der Waals surface area contributed by atoms with Crippen LogP contribution in [-0.2, 0) is 6.42 Å². The maximum Gasteiger partial charge on any atom is 0.335 e. The third-order valence-corrected chi connectivity index (χ3v) is 5.42. The van der Waals surface area contributed by atoms with E-state index in [2.05, 4.69) is 10.3 Å². The van der Waals surface area contributed by atoms with Crippen LogP contribution < -0.4 is 30.8 Å². The summed E-state index contributed by atoms with van der Waals surface area (Å²) < 4.78 is 17.1. The first kappa shape index (κ1) is 20.5. The molecule has 0 spiro atoms. The predicted octanol–water partition coefficient (Wildman–Crippen LogP) is 1.49. The Kier molecular flexibility index (Phi) is 5.43. The van der Waals surface area contributed by atoms with Crippen molar-refractivity contribution < 1.29 is 19.3 Å². The molecule has 0 fully saturated rings. The molecule has 1 aliphatic rings. The quantitative estimate of drug-likeness (QED) is 0.567. The second-order valence-electron chi connectivity index (χ2n) is 7.08. The van der Waals surface area contributed by atoms with Crippen molar-refractivity contribution in [1.29, 1.82) is 0 Å². The van der Waals surface area contributed by atoms with Gasteiger partial charge in [0.25, 0.3) is 5.56 Å². The van der Waals surface area contributed by atoms with Crippen LogP contribution in [0.1, 0.15) is 22.7 Å². The Hall–Kier alpha value is -3.72. The van der Waals surface area contributed by atoms with Crippen LogP contribution in [0.4, 0.5) is 0 Å². The minimum absolute atomic E-state index is 0.0376. The molecule has 2 aromatic carbocycles. The van der Waals surface area contributed by atoms with Crippen LogP contribution in [0.2, 0.25) is 0 Å². The zero-order chi connectivity index (χ0) is 22.1. The van der Waals surface area contributed by atoms with Crippen molar-refractivity contribution in [2.24, 2.45) is 0 Å². The standard InChI is InChI=1S/C22H23N3O6/c1-29-14-6-4-5-13(10-14)25-21(27)18(20(26)24-22(25)28)19-15-11-17(31-3)16(30-2)9-12(15)7-8-23-19/h4-6,9-11,19,23,27H,7-8H2,1-3H3,(H,24,26,28)/t19-/m1/s1. The lowest BCUT2D eigenvalue weighted by atomic mass is 9.90. The first-order valence-corrected chi connectivity index (χ1v) is 9.69. The number of aromatic nitrogens is 2. The lowest BCUT2D eigenvalue weighted by Gasteiger charge is -2.28. The van der Waals surface area contributed by atoms with Crippen molar-refractivity contribution in [3.05, 3.63) is 73.9 Å². The Morgan fingerprint density at radius 1 is 1.03 bits per heavy atom. The molecule has 0 radical (unpaired) electrons. The summed E-state index contributed by atoms with van der Waals surface area (Å²) in [6, 6.07) is 9.65. The number of nitrogens with zero attached hydrogens (tertiary/aromatic N) is 1. The summed E-state index contributed by atoms with van der Waals surface area (Å²) >= 11 is 0. The van der Waals surface area contributed by atoms with Crippen molar-refractivity contribution in [1.82, 2.24) is 14.9 Å². The Morgan fingerprint density at radius 2 is 1.77 bits per heavy atom. The number of hydrogen-bond acceptors (Lipinski definition) is 7. The fraction of sp³-hybridized carbons (Fsp3) is 0.273. The van der Waals surface area contributed by atoms with Crippen LogP contribution in [0.15, 0.2) is 46.0 Å². The van der Waals surface area contributed by atoms with E-state index in [4.69, 9.17) is 14.2 Å². The van der Waals surface area contributed by atoms with Gasteiger partial charge in [-0.25, -0.2) is 9.36 Å². The number of fused-ring (bicyclic) bond motifs is 1. The van der Waals surface area contributed by atoms with Crippen molar-refractivity contribution in [2.75, 3.05) is 27.9 Å². The molecular weight excluding hydrogens is 402 g/mol. The second-order valence-corrected chi connectivity index (χ2v) is 7.08. The molecule has 1 atom stereocenters. The van der Waals surface area contributed by atoms with Crippen molar-refractivity contribution in [2.45, 2.75) is 12.5 Å². The molecule has 0 unspecified atom stereocenters. The molecule has 0 aliphatic carbocycles. The Labute approximate surface area is 177 Å². The lowest BCUT2D eigenvalue weighted by molar-refractivity contribution is 0.352. The number of aromatic amines is 1. The molecule has 9 nitrogen and oxygen atoms in total. The van der Waals surface area contributed by atoms with Gasteiger partial charge in [0.2, 0.25) is 5.88 Å². The zero-order valence-corrected chi connectivity index (χ0v) is 17.4. The largest absolute Gasteiger partial charge is 0.497 e. The SMILES string of the molecule is COc1cccc(-n2c(O)c([C@@H]3NCCc4cc(OC)c(OC)cc43)c(=O)[nH]c2=O)c1. The molecule has 0 saturated carbocycles. The fourth-order valence-electron chi connectivity index (χ4n) is 3.93. The number of nitrogens with one attached hydrogen (secondary N) is 2. The van der Waals surface area contributed by atoms with E-state index in [0.29, 0.717) is 35.9 Å². The molecule has 4 rings (SSSR count).